The number of carbonyl (C=O) groups excluding carboxylic acids is 1. The highest BCUT2D eigenvalue weighted by molar-refractivity contribution is 5.99. The molecule has 1 saturated carbocycles. The number of aromatic nitrogens is 1. The van der Waals surface area contributed by atoms with Gasteiger partial charge in [0.1, 0.15) is 5.92 Å². The van der Waals surface area contributed by atoms with E-state index < -0.39 is 11.3 Å². The van der Waals surface area contributed by atoms with Crippen molar-refractivity contribution in [3.8, 4) is 6.07 Å². The molecule has 1 heterocycles. The lowest BCUT2D eigenvalue weighted by atomic mass is 9.82. The monoisotopic (exact) mass is 262 g/mol. The maximum absolute atomic E-state index is 12.8. The summed E-state index contributed by atoms with van der Waals surface area (Å²) >= 11 is 0. The Morgan fingerprint density at radius 1 is 1.20 bits per heavy atom. The summed E-state index contributed by atoms with van der Waals surface area (Å²) in [5.74, 6) is -0.731. The molecular weight excluding hydrogens is 248 g/mol. The van der Waals surface area contributed by atoms with E-state index in [1.165, 1.54) is 0 Å². The fraction of sp³-hybridized carbons (Fsp3) is 0.235. The second kappa shape index (κ2) is 4.90. The zero-order chi connectivity index (χ0) is 14.0. The second-order valence-corrected chi connectivity index (χ2v) is 5.16. The van der Waals surface area contributed by atoms with Gasteiger partial charge in [0.05, 0.1) is 11.5 Å². The van der Waals surface area contributed by atoms with Crippen LogP contribution in [0.3, 0.4) is 0 Å². The first kappa shape index (κ1) is 12.6. The quantitative estimate of drug-likeness (QED) is 0.851. The number of Topliss-reactive ketones (excluding diaryl/α,β-unsaturated/α-hetero) is 1. The van der Waals surface area contributed by atoms with E-state index in [0.717, 1.165) is 18.4 Å². The number of nitrogens with zero attached hydrogens (tertiary/aromatic N) is 2. The van der Waals surface area contributed by atoms with Crippen molar-refractivity contribution >= 4 is 5.78 Å². The van der Waals surface area contributed by atoms with Crippen LogP contribution in [0.2, 0.25) is 0 Å². The Balaban J connectivity index is 1.95. The number of ketones is 1. The summed E-state index contributed by atoms with van der Waals surface area (Å²) in [6.45, 7) is 0. The average molecular weight is 262 g/mol. The highest BCUT2D eigenvalue weighted by atomic mass is 16.1. The molecule has 1 unspecified atom stereocenters. The minimum absolute atomic E-state index is 0.000741. The van der Waals surface area contributed by atoms with E-state index >= 15 is 0 Å². The molecule has 1 fully saturated rings. The first-order valence-electron chi connectivity index (χ1n) is 6.67. The summed E-state index contributed by atoms with van der Waals surface area (Å²) in [7, 11) is 0. The lowest BCUT2D eigenvalue weighted by molar-refractivity contribution is -0.121. The lowest BCUT2D eigenvalue weighted by Gasteiger charge is -2.18. The highest BCUT2D eigenvalue weighted by Crippen LogP contribution is 2.51. The van der Waals surface area contributed by atoms with Gasteiger partial charge < -0.3 is 0 Å². The molecule has 0 saturated heterocycles. The number of nitriles is 1. The molecule has 0 bridgehead atoms. The molecular formula is C17H14N2O. The number of carbonyl (C=O) groups is 1. The topological polar surface area (TPSA) is 53.8 Å². The van der Waals surface area contributed by atoms with Crippen LogP contribution in [0.25, 0.3) is 0 Å². The molecule has 0 aliphatic heterocycles. The maximum atomic E-state index is 12.8. The molecule has 3 rings (SSSR count). The van der Waals surface area contributed by atoms with Gasteiger partial charge in [-0.3, -0.25) is 9.78 Å². The third-order valence-corrected chi connectivity index (χ3v) is 3.96. The van der Waals surface area contributed by atoms with E-state index in [9.17, 15) is 10.1 Å². The van der Waals surface area contributed by atoms with Gasteiger partial charge in [-0.2, -0.15) is 5.26 Å². The number of hydrogen-bond acceptors (Lipinski definition) is 3. The van der Waals surface area contributed by atoms with Crippen LogP contribution in [-0.2, 0) is 10.2 Å². The number of benzene rings is 1. The van der Waals surface area contributed by atoms with Gasteiger partial charge >= 0.3 is 0 Å². The van der Waals surface area contributed by atoms with Crippen molar-refractivity contribution in [3.63, 3.8) is 0 Å². The molecule has 3 nitrogen and oxygen atoms in total. The molecule has 1 aromatic heterocycles. The number of hydrogen-bond donors (Lipinski definition) is 0. The van der Waals surface area contributed by atoms with Gasteiger partial charge in [0.2, 0.25) is 0 Å². The molecule has 1 aliphatic rings. The zero-order valence-electron chi connectivity index (χ0n) is 11.0. The van der Waals surface area contributed by atoms with Crippen LogP contribution >= 0.6 is 0 Å². The summed E-state index contributed by atoms with van der Waals surface area (Å²) in [6.07, 6.45) is 4.90. The van der Waals surface area contributed by atoms with Gasteiger partial charge in [-0.25, -0.2) is 0 Å². The minimum atomic E-state index is -0.730. The van der Waals surface area contributed by atoms with Gasteiger partial charge in [0.25, 0.3) is 0 Å². The van der Waals surface area contributed by atoms with Crippen LogP contribution in [0.15, 0.2) is 54.9 Å². The van der Waals surface area contributed by atoms with E-state index in [2.05, 4.69) is 11.1 Å². The molecule has 0 spiro atoms. The molecule has 20 heavy (non-hydrogen) atoms. The molecule has 2 aromatic rings. The zero-order valence-corrected chi connectivity index (χ0v) is 11.0. The van der Waals surface area contributed by atoms with Crippen LogP contribution < -0.4 is 0 Å². The summed E-state index contributed by atoms with van der Waals surface area (Å²) in [5.41, 5.74) is 1.24. The predicted molar refractivity (Wildman–Crippen MR) is 75.0 cm³/mol. The van der Waals surface area contributed by atoms with Gasteiger partial charge in [0.15, 0.2) is 5.78 Å². The lowest BCUT2D eigenvalue weighted by Crippen LogP contribution is -2.26. The second-order valence-electron chi connectivity index (χ2n) is 5.16. The van der Waals surface area contributed by atoms with Crippen molar-refractivity contribution in [2.45, 2.75) is 24.2 Å². The van der Waals surface area contributed by atoms with Crippen LogP contribution in [0.1, 0.15) is 29.9 Å². The maximum Gasteiger partial charge on any atom is 0.165 e. The van der Waals surface area contributed by atoms with Gasteiger partial charge in [0, 0.05) is 12.4 Å². The average Bonchev–Trinajstić information content (AvgIpc) is 3.32. The Morgan fingerprint density at radius 2 is 1.95 bits per heavy atom. The fourth-order valence-electron chi connectivity index (χ4n) is 2.67. The normalized spacial score (nSPS) is 16.9. The molecule has 0 N–H and O–H groups in total. The van der Waals surface area contributed by atoms with E-state index in [-0.39, 0.29) is 5.78 Å². The van der Waals surface area contributed by atoms with E-state index in [0.29, 0.717) is 5.56 Å². The molecule has 1 atom stereocenters. The molecule has 98 valence electrons. The Bertz CT molecular complexity index is 654. The van der Waals surface area contributed by atoms with Crippen LogP contribution in [0, 0.1) is 11.3 Å². The summed E-state index contributed by atoms with van der Waals surface area (Å²) in [6, 6.07) is 15.5. The van der Waals surface area contributed by atoms with Crippen LogP contribution in [0.4, 0.5) is 0 Å². The van der Waals surface area contributed by atoms with Crippen LogP contribution in [0.5, 0.6) is 0 Å². The minimum Gasteiger partial charge on any atom is -0.297 e. The molecule has 3 heteroatoms. The van der Waals surface area contributed by atoms with Crippen molar-refractivity contribution in [2.24, 2.45) is 0 Å². The van der Waals surface area contributed by atoms with Crippen molar-refractivity contribution < 1.29 is 4.79 Å². The third kappa shape index (κ3) is 2.00. The first-order chi connectivity index (χ1) is 9.78. The predicted octanol–water partition coefficient (Wildman–Crippen LogP) is 2.99. The van der Waals surface area contributed by atoms with Gasteiger partial charge in [-0.15, -0.1) is 0 Å². The third-order valence-electron chi connectivity index (χ3n) is 3.96. The molecule has 1 aromatic carbocycles. The first-order valence-corrected chi connectivity index (χ1v) is 6.67. The molecule has 0 amide bonds. The highest BCUT2D eigenvalue weighted by Gasteiger charge is 2.53. The van der Waals surface area contributed by atoms with Crippen molar-refractivity contribution in [3.05, 3.63) is 66.0 Å². The van der Waals surface area contributed by atoms with Crippen molar-refractivity contribution in [1.29, 1.82) is 5.26 Å². The summed E-state index contributed by atoms with van der Waals surface area (Å²) < 4.78 is 0. The van der Waals surface area contributed by atoms with Crippen molar-refractivity contribution in [1.82, 2.24) is 4.98 Å². The van der Waals surface area contributed by atoms with E-state index in [1.807, 2.05) is 30.3 Å². The standard InChI is InChI=1S/C17H14N2O/c18-11-15(13-5-4-10-19-12-13)16(20)17(8-9-17)14-6-2-1-3-7-14/h1-7,10,12,15H,8-9H2. The smallest absolute Gasteiger partial charge is 0.165 e. The van der Waals surface area contributed by atoms with Crippen molar-refractivity contribution in [2.75, 3.05) is 0 Å². The van der Waals surface area contributed by atoms with Gasteiger partial charge in [-0.05, 0) is 30.0 Å². The molecule has 1 aliphatic carbocycles. The Hall–Kier alpha value is -2.47. The summed E-state index contributed by atoms with van der Waals surface area (Å²) in [5, 5.41) is 9.39. The Morgan fingerprint density at radius 3 is 2.50 bits per heavy atom. The fourth-order valence-corrected chi connectivity index (χ4v) is 2.67. The van der Waals surface area contributed by atoms with Gasteiger partial charge in [-0.1, -0.05) is 36.4 Å². The Kier molecular flexibility index (Phi) is 3.08. The Labute approximate surface area is 117 Å². The molecule has 0 radical (unpaired) electrons. The number of pyridine rings is 1. The largest absolute Gasteiger partial charge is 0.297 e. The summed E-state index contributed by atoms with van der Waals surface area (Å²) in [4.78, 5) is 16.8. The number of rotatable bonds is 4. The SMILES string of the molecule is N#CC(C(=O)C1(c2ccccc2)CC1)c1cccnc1. The van der Waals surface area contributed by atoms with E-state index in [1.54, 1.807) is 24.5 Å². The van der Waals surface area contributed by atoms with E-state index in [4.69, 9.17) is 0 Å². The van der Waals surface area contributed by atoms with Crippen LogP contribution in [-0.4, -0.2) is 10.8 Å².